The van der Waals surface area contributed by atoms with E-state index in [0.717, 1.165) is 23.3 Å². The zero-order chi connectivity index (χ0) is 21.4. The average Bonchev–Trinajstić information content (AvgIpc) is 3.12. The van der Waals surface area contributed by atoms with Crippen LogP contribution >= 0.6 is 35.3 Å². The van der Waals surface area contributed by atoms with Crippen LogP contribution in [0.2, 0.25) is 5.02 Å². The van der Waals surface area contributed by atoms with Gasteiger partial charge in [0.15, 0.2) is 17.3 Å². The first-order valence-electron chi connectivity index (χ1n) is 9.77. The molecular weight excluding hydrogens is 445 g/mol. The Morgan fingerprint density at radius 3 is 2.50 bits per heavy atom. The fourth-order valence-corrected chi connectivity index (χ4v) is 4.46. The zero-order valence-corrected chi connectivity index (χ0v) is 20.1. The maximum atomic E-state index is 12.6. The van der Waals surface area contributed by atoms with Crippen LogP contribution in [0.15, 0.2) is 24.3 Å². The minimum atomic E-state index is -0.600. The molecule has 168 valence electrons. The lowest BCUT2D eigenvalue weighted by molar-refractivity contribution is 0.0984. The van der Waals surface area contributed by atoms with E-state index in [1.807, 2.05) is 25.1 Å². The molecule has 0 aliphatic rings. The molecule has 8 heteroatoms. The molecule has 1 heterocycles. The van der Waals surface area contributed by atoms with E-state index in [4.69, 9.17) is 26.8 Å². The average molecular weight is 476 g/mol. The van der Waals surface area contributed by atoms with Gasteiger partial charge in [-0.1, -0.05) is 24.6 Å². The standard InChI is InChI=1S/C22H30ClNO4S.ClH/c1-4-22(24,14-25)11-10-20-16(23)13-21(29-20)17(26)7-5-6-15-8-9-18(27-2)19(12-15)28-3;/h8-9,12-13,25H,4-7,10-11,14,24H2,1-3H3;1H/t22-;/m1./s1. The summed E-state index contributed by atoms with van der Waals surface area (Å²) in [5, 5.41) is 10.1. The second-order valence-electron chi connectivity index (χ2n) is 7.22. The second kappa shape index (κ2) is 12.5. The van der Waals surface area contributed by atoms with Crippen molar-refractivity contribution in [3.63, 3.8) is 0 Å². The Bertz CT molecular complexity index is 821. The number of benzene rings is 1. The topological polar surface area (TPSA) is 81.8 Å². The van der Waals surface area contributed by atoms with Gasteiger partial charge in [0.1, 0.15) is 0 Å². The maximum absolute atomic E-state index is 12.6. The van der Waals surface area contributed by atoms with Gasteiger partial charge in [-0.3, -0.25) is 4.79 Å². The van der Waals surface area contributed by atoms with Crippen LogP contribution in [-0.4, -0.2) is 37.3 Å². The SMILES string of the molecule is CC[C@](N)(CO)CCc1sc(C(=O)CCCc2ccc(OC)c(OC)c2)cc1Cl.Cl. The van der Waals surface area contributed by atoms with E-state index in [1.54, 1.807) is 20.3 Å². The van der Waals surface area contributed by atoms with Crippen molar-refractivity contribution in [1.29, 1.82) is 0 Å². The molecule has 0 aliphatic heterocycles. The first-order valence-corrected chi connectivity index (χ1v) is 11.0. The van der Waals surface area contributed by atoms with Crippen LogP contribution in [0, 0.1) is 0 Å². The van der Waals surface area contributed by atoms with Gasteiger partial charge in [-0.25, -0.2) is 0 Å². The summed E-state index contributed by atoms with van der Waals surface area (Å²) in [6.07, 6.45) is 3.96. The Labute approximate surface area is 193 Å². The zero-order valence-electron chi connectivity index (χ0n) is 17.7. The Hall–Kier alpha value is -1.31. The fourth-order valence-electron chi connectivity index (χ4n) is 3.06. The highest BCUT2D eigenvalue weighted by Crippen LogP contribution is 2.31. The molecule has 0 radical (unpaired) electrons. The molecule has 0 saturated heterocycles. The van der Waals surface area contributed by atoms with Gasteiger partial charge < -0.3 is 20.3 Å². The third kappa shape index (κ3) is 7.13. The Morgan fingerprint density at radius 2 is 1.90 bits per heavy atom. The minimum absolute atomic E-state index is 0. The van der Waals surface area contributed by atoms with Crippen LogP contribution in [-0.2, 0) is 12.8 Å². The molecule has 0 amide bonds. The monoisotopic (exact) mass is 475 g/mol. The van der Waals surface area contributed by atoms with Crippen molar-refractivity contribution in [2.24, 2.45) is 5.73 Å². The van der Waals surface area contributed by atoms with Crippen molar-refractivity contribution in [2.75, 3.05) is 20.8 Å². The molecule has 5 nitrogen and oxygen atoms in total. The quantitative estimate of drug-likeness (QED) is 0.418. The van der Waals surface area contributed by atoms with Gasteiger partial charge in [-0.05, 0) is 55.9 Å². The number of aliphatic hydroxyl groups excluding tert-OH is 1. The summed E-state index contributed by atoms with van der Waals surface area (Å²) < 4.78 is 10.6. The highest BCUT2D eigenvalue weighted by Gasteiger charge is 2.23. The lowest BCUT2D eigenvalue weighted by atomic mass is 9.92. The van der Waals surface area contributed by atoms with Crippen LogP contribution in [0.1, 0.15) is 52.7 Å². The van der Waals surface area contributed by atoms with Crippen LogP contribution < -0.4 is 15.2 Å². The summed E-state index contributed by atoms with van der Waals surface area (Å²) in [6.45, 7) is 1.90. The highest BCUT2D eigenvalue weighted by molar-refractivity contribution is 7.14. The number of ketones is 1. The molecular formula is C22H31Cl2NO4S. The van der Waals surface area contributed by atoms with E-state index >= 15 is 0 Å². The van der Waals surface area contributed by atoms with Gasteiger partial charge in [0.05, 0.1) is 30.7 Å². The van der Waals surface area contributed by atoms with Crippen molar-refractivity contribution in [1.82, 2.24) is 0 Å². The first-order chi connectivity index (χ1) is 13.9. The van der Waals surface area contributed by atoms with Gasteiger partial charge in [0.25, 0.3) is 0 Å². The smallest absolute Gasteiger partial charge is 0.172 e. The van der Waals surface area contributed by atoms with Gasteiger partial charge in [-0.2, -0.15) is 0 Å². The Balaban J connectivity index is 0.00000450. The summed E-state index contributed by atoms with van der Waals surface area (Å²) in [6, 6.07) is 7.56. The van der Waals surface area contributed by atoms with Gasteiger partial charge >= 0.3 is 0 Å². The van der Waals surface area contributed by atoms with Gasteiger partial charge in [0.2, 0.25) is 0 Å². The molecule has 1 atom stereocenters. The van der Waals surface area contributed by atoms with E-state index in [2.05, 4.69) is 0 Å². The number of rotatable bonds is 12. The number of carbonyl (C=O) groups excluding carboxylic acids is 1. The number of carbonyl (C=O) groups is 1. The molecule has 1 aromatic heterocycles. The maximum Gasteiger partial charge on any atom is 0.172 e. The van der Waals surface area contributed by atoms with E-state index in [0.29, 0.717) is 47.1 Å². The second-order valence-corrected chi connectivity index (χ2v) is 8.77. The third-order valence-electron chi connectivity index (χ3n) is 5.22. The summed E-state index contributed by atoms with van der Waals surface area (Å²) in [4.78, 5) is 14.2. The molecule has 0 fully saturated rings. The lowest BCUT2D eigenvalue weighted by Gasteiger charge is -2.25. The van der Waals surface area contributed by atoms with Crippen LogP contribution in [0.4, 0.5) is 0 Å². The number of aliphatic hydroxyl groups is 1. The minimum Gasteiger partial charge on any atom is -0.493 e. The molecule has 2 aromatic rings. The molecule has 30 heavy (non-hydrogen) atoms. The molecule has 0 unspecified atom stereocenters. The summed E-state index contributed by atoms with van der Waals surface area (Å²) in [5.41, 5.74) is 6.65. The molecule has 0 spiro atoms. The number of aryl methyl sites for hydroxylation is 2. The summed E-state index contributed by atoms with van der Waals surface area (Å²) in [7, 11) is 3.22. The molecule has 1 aromatic carbocycles. The third-order valence-corrected chi connectivity index (χ3v) is 6.90. The van der Waals surface area contributed by atoms with E-state index in [9.17, 15) is 9.90 Å². The van der Waals surface area contributed by atoms with Gasteiger partial charge in [-0.15, -0.1) is 23.7 Å². The van der Waals surface area contributed by atoms with Crippen LogP contribution in [0.3, 0.4) is 0 Å². The van der Waals surface area contributed by atoms with Gasteiger partial charge in [0, 0.05) is 16.8 Å². The normalized spacial score (nSPS) is 12.7. The van der Waals surface area contributed by atoms with Crippen molar-refractivity contribution >= 4 is 41.1 Å². The predicted molar refractivity (Wildman–Crippen MR) is 126 cm³/mol. The van der Waals surface area contributed by atoms with Crippen LogP contribution in [0.5, 0.6) is 11.5 Å². The molecule has 2 rings (SSSR count). The van der Waals surface area contributed by atoms with Crippen molar-refractivity contribution in [2.45, 2.75) is 51.0 Å². The predicted octanol–water partition coefficient (Wildman–Crippen LogP) is 5.08. The number of hydrogen-bond donors (Lipinski definition) is 2. The Kier molecular flexibility index (Phi) is 11.2. The highest BCUT2D eigenvalue weighted by atomic mass is 35.5. The number of halogens is 2. The number of ether oxygens (including phenoxy) is 2. The first kappa shape index (κ1) is 26.7. The van der Waals surface area contributed by atoms with E-state index < -0.39 is 5.54 Å². The van der Waals surface area contributed by atoms with Crippen molar-refractivity contribution < 1.29 is 19.4 Å². The van der Waals surface area contributed by atoms with E-state index in [-0.39, 0.29) is 24.8 Å². The van der Waals surface area contributed by atoms with Crippen molar-refractivity contribution in [3.05, 3.63) is 44.6 Å². The summed E-state index contributed by atoms with van der Waals surface area (Å²) >= 11 is 7.76. The Morgan fingerprint density at radius 1 is 1.20 bits per heavy atom. The number of Topliss-reactive ketones (excluding diaryl/α,β-unsaturated/α-hetero) is 1. The molecule has 3 N–H and O–H groups in total. The lowest BCUT2D eigenvalue weighted by Crippen LogP contribution is -2.43. The molecule has 0 aliphatic carbocycles. The largest absolute Gasteiger partial charge is 0.493 e. The number of hydrogen-bond acceptors (Lipinski definition) is 6. The molecule has 0 bridgehead atoms. The summed E-state index contributed by atoms with van der Waals surface area (Å²) in [5.74, 6) is 1.48. The van der Waals surface area contributed by atoms with E-state index in [1.165, 1.54) is 11.3 Å². The number of nitrogens with two attached hydrogens (primary N) is 1. The molecule has 0 saturated carbocycles. The van der Waals surface area contributed by atoms with Crippen molar-refractivity contribution in [3.8, 4) is 11.5 Å². The fraction of sp³-hybridized carbons (Fsp3) is 0.500. The number of methoxy groups -OCH3 is 2. The number of thiophene rings is 1. The van der Waals surface area contributed by atoms with Crippen LogP contribution in [0.25, 0.3) is 0 Å².